The van der Waals surface area contributed by atoms with E-state index < -0.39 is 0 Å². The molecule has 0 unspecified atom stereocenters. The number of ether oxygens (including phenoxy) is 2. The predicted octanol–water partition coefficient (Wildman–Crippen LogP) is 2.78. The summed E-state index contributed by atoms with van der Waals surface area (Å²) >= 11 is 0. The van der Waals surface area contributed by atoms with Crippen molar-refractivity contribution >= 4 is 12.1 Å². The average Bonchev–Trinajstić information content (AvgIpc) is 2.59. The molecule has 0 heterocycles. The van der Waals surface area contributed by atoms with E-state index in [1.165, 1.54) is 0 Å². The molecule has 0 spiro atoms. The summed E-state index contributed by atoms with van der Waals surface area (Å²) in [5.74, 6) is 1.02. The fourth-order valence-corrected chi connectivity index (χ4v) is 1.72. The van der Waals surface area contributed by atoms with Gasteiger partial charge in [0.2, 0.25) is 0 Å². The molecule has 0 saturated carbocycles. The van der Waals surface area contributed by atoms with Gasteiger partial charge in [-0.3, -0.25) is 4.79 Å². The lowest BCUT2D eigenvalue weighted by atomic mass is 10.2. The monoisotopic (exact) mass is 310 g/mol. The van der Waals surface area contributed by atoms with Crippen molar-refractivity contribution in [1.82, 2.24) is 5.43 Å². The van der Waals surface area contributed by atoms with E-state index in [1.54, 1.807) is 24.4 Å². The molecule has 0 radical (unpaired) electrons. The van der Waals surface area contributed by atoms with Crippen LogP contribution < -0.4 is 14.9 Å². The van der Waals surface area contributed by atoms with Gasteiger partial charge in [0, 0.05) is 0 Å². The van der Waals surface area contributed by atoms with Crippen molar-refractivity contribution in [2.75, 3.05) is 13.2 Å². The van der Waals surface area contributed by atoms with Crippen LogP contribution in [0, 0.1) is 0 Å². The van der Waals surface area contributed by atoms with Crippen LogP contribution in [0.2, 0.25) is 0 Å². The second-order valence-corrected chi connectivity index (χ2v) is 4.57. The first-order valence-corrected chi connectivity index (χ1v) is 7.11. The Hall–Kier alpha value is -3.08. The van der Waals surface area contributed by atoms with E-state index >= 15 is 0 Å². The first kappa shape index (κ1) is 16.3. The zero-order valence-electron chi connectivity index (χ0n) is 12.6. The summed E-state index contributed by atoms with van der Waals surface area (Å²) in [5.41, 5.74) is 3.23. The lowest BCUT2D eigenvalue weighted by Gasteiger charge is -2.04. The largest absolute Gasteiger partial charge is 0.490 e. The number of nitrogens with zero attached hydrogens (tertiary/aromatic N) is 1. The van der Waals surface area contributed by atoms with E-state index in [2.05, 4.69) is 17.1 Å². The second kappa shape index (κ2) is 9.04. The Kier molecular flexibility index (Phi) is 6.41. The number of rotatable bonds is 8. The number of nitrogens with one attached hydrogen (secondary N) is 1. The summed E-state index contributed by atoms with van der Waals surface area (Å²) in [4.78, 5) is 11.6. The van der Waals surface area contributed by atoms with E-state index in [1.807, 2.05) is 42.5 Å². The van der Waals surface area contributed by atoms with E-state index in [-0.39, 0.29) is 12.5 Å². The predicted molar refractivity (Wildman–Crippen MR) is 89.8 cm³/mol. The Morgan fingerprint density at radius 1 is 1.09 bits per heavy atom. The van der Waals surface area contributed by atoms with Crippen molar-refractivity contribution in [3.05, 3.63) is 72.8 Å². The number of para-hydroxylation sites is 1. The summed E-state index contributed by atoms with van der Waals surface area (Å²) in [5, 5.41) is 3.89. The quantitative estimate of drug-likeness (QED) is 0.463. The molecule has 0 aliphatic rings. The van der Waals surface area contributed by atoms with Crippen LogP contribution in [0.4, 0.5) is 0 Å². The van der Waals surface area contributed by atoms with Gasteiger partial charge in [-0.05, 0) is 29.8 Å². The molecule has 2 aromatic carbocycles. The van der Waals surface area contributed by atoms with Crippen LogP contribution in [0.25, 0.3) is 0 Å². The normalized spacial score (nSPS) is 10.3. The van der Waals surface area contributed by atoms with Gasteiger partial charge in [-0.2, -0.15) is 5.10 Å². The highest BCUT2D eigenvalue weighted by atomic mass is 16.5. The number of benzene rings is 2. The smallest absolute Gasteiger partial charge is 0.277 e. The van der Waals surface area contributed by atoms with E-state index in [9.17, 15) is 4.79 Å². The Morgan fingerprint density at radius 3 is 2.65 bits per heavy atom. The molecule has 23 heavy (non-hydrogen) atoms. The average molecular weight is 310 g/mol. The summed E-state index contributed by atoms with van der Waals surface area (Å²) in [6.45, 7) is 3.94. The van der Waals surface area contributed by atoms with E-state index in [0.717, 1.165) is 5.56 Å². The van der Waals surface area contributed by atoms with Crippen LogP contribution in [0.15, 0.2) is 72.4 Å². The van der Waals surface area contributed by atoms with Crippen molar-refractivity contribution < 1.29 is 14.3 Å². The van der Waals surface area contributed by atoms with Crippen LogP contribution in [-0.4, -0.2) is 25.3 Å². The van der Waals surface area contributed by atoms with Crippen molar-refractivity contribution in [1.29, 1.82) is 0 Å². The molecule has 0 bridgehead atoms. The number of hydrogen-bond acceptors (Lipinski definition) is 4. The van der Waals surface area contributed by atoms with Crippen LogP contribution in [0.3, 0.4) is 0 Å². The summed E-state index contributed by atoms with van der Waals surface area (Å²) in [7, 11) is 0. The number of hydrazone groups is 1. The summed E-state index contributed by atoms with van der Waals surface area (Å²) in [6.07, 6.45) is 3.22. The Balaban J connectivity index is 1.79. The van der Waals surface area contributed by atoms with Crippen LogP contribution in [-0.2, 0) is 4.79 Å². The van der Waals surface area contributed by atoms with Crippen LogP contribution in [0.1, 0.15) is 5.56 Å². The fraction of sp³-hybridized carbons (Fsp3) is 0.111. The second-order valence-electron chi connectivity index (χ2n) is 4.57. The van der Waals surface area contributed by atoms with Crippen molar-refractivity contribution in [2.45, 2.75) is 0 Å². The fourth-order valence-electron chi connectivity index (χ4n) is 1.72. The lowest BCUT2D eigenvalue weighted by molar-refractivity contribution is -0.123. The Morgan fingerprint density at radius 2 is 1.87 bits per heavy atom. The Bertz CT molecular complexity index is 669. The number of carbonyl (C=O) groups excluding carboxylic acids is 1. The summed E-state index contributed by atoms with van der Waals surface area (Å²) < 4.78 is 10.7. The minimum Gasteiger partial charge on any atom is -0.490 e. The third kappa shape index (κ3) is 6.05. The molecule has 0 atom stereocenters. The first-order valence-electron chi connectivity index (χ1n) is 7.11. The molecule has 5 nitrogen and oxygen atoms in total. The highest BCUT2D eigenvalue weighted by molar-refractivity contribution is 5.83. The topological polar surface area (TPSA) is 59.9 Å². The third-order valence-corrected chi connectivity index (χ3v) is 2.74. The first-order chi connectivity index (χ1) is 11.3. The zero-order valence-corrected chi connectivity index (χ0v) is 12.6. The Labute approximate surface area is 135 Å². The minimum absolute atomic E-state index is 0.0934. The van der Waals surface area contributed by atoms with E-state index in [4.69, 9.17) is 9.47 Å². The molecular formula is C18H18N2O3. The molecular weight excluding hydrogens is 292 g/mol. The zero-order chi connectivity index (χ0) is 16.3. The highest BCUT2D eigenvalue weighted by Crippen LogP contribution is 2.11. The number of carbonyl (C=O) groups is 1. The van der Waals surface area contributed by atoms with E-state index in [0.29, 0.717) is 18.1 Å². The van der Waals surface area contributed by atoms with Gasteiger partial charge in [0.25, 0.3) is 5.91 Å². The van der Waals surface area contributed by atoms with Gasteiger partial charge in [-0.15, -0.1) is 0 Å². The maximum absolute atomic E-state index is 11.6. The van der Waals surface area contributed by atoms with Gasteiger partial charge in [-0.25, -0.2) is 5.43 Å². The van der Waals surface area contributed by atoms with Gasteiger partial charge in [0.05, 0.1) is 6.21 Å². The van der Waals surface area contributed by atoms with Gasteiger partial charge in [-0.1, -0.05) is 43.0 Å². The van der Waals surface area contributed by atoms with Gasteiger partial charge in [0.15, 0.2) is 6.61 Å². The van der Waals surface area contributed by atoms with Gasteiger partial charge < -0.3 is 9.47 Å². The maximum atomic E-state index is 11.6. The molecule has 5 heteroatoms. The van der Waals surface area contributed by atoms with Crippen LogP contribution >= 0.6 is 0 Å². The third-order valence-electron chi connectivity index (χ3n) is 2.74. The summed E-state index contributed by atoms with van der Waals surface area (Å²) in [6, 6.07) is 16.5. The molecule has 0 aromatic heterocycles. The molecule has 1 N–H and O–H groups in total. The van der Waals surface area contributed by atoms with Crippen LogP contribution in [0.5, 0.6) is 11.5 Å². The van der Waals surface area contributed by atoms with Gasteiger partial charge >= 0.3 is 0 Å². The molecule has 0 aliphatic heterocycles. The molecule has 0 fully saturated rings. The number of hydrogen-bond donors (Lipinski definition) is 1. The molecule has 1 amide bonds. The molecule has 2 aromatic rings. The van der Waals surface area contributed by atoms with Gasteiger partial charge in [0.1, 0.15) is 18.1 Å². The highest BCUT2D eigenvalue weighted by Gasteiger charge is 2.00. The standard InChI is InChI=1S/C18H18N2O3/c1-2-11-22-17-10-6-7-15(12-17)13-19-20-18(21)14-23-16-8-4-3-5-9-16/h2-10,12-13H,1,11,14H2,(H,20,21)/b19-13+. The SMILES string of the molecule is C=CCOc1cccc(/C=N/NC(=O)COc2ccccc2)c1. The molecule has 0 saturated heterocycles. The minimum atomic E-state index is -0.329. The number of amides is 1. The molecule has 118 valence electrons. The van der Waals surface area contributed by atoms with Crippen molar-refractivity contribution in [2.24, 2.45) is 5.10 Å². The molecule has 2 rings (SSSR count). The molecule has 0 aliphatic carbocycles. The van der Waals surface area contributed by atoms with Crippen molar-refractivity contribution in [3.8, 4) is 11.5 Å². The lowest BCUT2D eigenvalue weighted by Crippen LogP contribution is -2.24. The maximum Gasteiger partial charge on any atom is 0.277 e. The van der Waals surface area contributed by atoms with Crippen molar-refractivity contribution in [3.63, 3.8) is 0 Å².